The van der Waals surface area contributed by atoms with Gasteiger partial charge in [-0.25, -0.2) is 0 Å². The molecular weight excluding hydrogens is 192 g/mol. The number of rotatable bonds is 1. The van der Waals surface area contributed by atoms with E-state index in [0.29, 0.717) is 0 Å². The second-order valence-electron chi connectivity index (χ2n) is 3.55. The Balaban J connectivity index is 2.05. The molecule has 1 N–H and O–H groups in total. The van der Waals surface area contributed by atoms with Crippen LogP contribution in [0.3, 0.4) is 0 Å². The number of nitrogens with zero attached hydrogens (tertiary/aromatic N) is 5. The van der Waals surface area contributed by atoms with Gasteiger partial charge in [0.15, 0.2) is 0 Å². The molecule has 0 spiro atoms. The van der Waals surface area contributed by atoms with Crippen LogP contribution in [0.4, 0.5) is 5.69 Å². The maximum absolute atomic E-state index is 4.15. The molecule has 0 saturated carbocycles. The largest absolute Gasteiger partial charge is 0.366 e. The minimum Gasteiger partial charge on any atom is -0.366 e. The van der Waals surface area contributed by atoms with Gasteiger partial charge in [0.2, 0.25) is 5.65 Å². The van der Waals surface area contributed by atoms with Crippen LogP contribution in [0.1, 0.15) is 0 Å². The fraction of sp³-hybridized carbons (Fsp3) is 0.444. The fourth-order valence-corrected chi connectivity index (χ4v) is 1.89. The lowest BCUT2D eigenvalue weighted by molar-refractivity contribution is 0.589. The summed E-state index contributed by atoms with van der Waals surface area (Å²) in [6.07, 6.45) is 3.41. The highest BCUT2D eigenvalue weighted by Gasteiger charge is 2.14. The van der Waals surface area contributed by atoms with Gasteiger partial charge in [-0.15, -0.1) is 10.2 Å². The smallest absolute Gasteiger partial charge is 0.200 e. The number of piperazine rings is 1. The summed E-state index contributed by atoms with van der Waals surface area (Å²) in [6.45, 7) is 4.05. The van der Waals surface area contributed by atoms with Crippen LogP contribution in [-0.2, 0) is 0 Å². The van der Waals surface area contributed by atoms with E-state index in [1.54, 1.807) is 17.0 Å². The van der Waals surface area contributed by atoms with Crippen molar-refractivity contribution in [2.45, 2.75) is 0 Å². The minimum absolute atomic E-state index is 0.833. The quantitative estimate of drug-likeness (QED) is 0.680. The maximum Gasteiger partial charge on any atom is 0.200 e. The molecule has 1 fully saturated rings. The zero-order valence-corrected chi connectivity index (χ0v) is 8.30. The van der Waals surface area contributed by atoms with Crippen LogP contribution >= 0.6 is 0 Å². The molecule has 15 heavy (non-hydrogen) atoms. The van der Waals surface area contributed by atoms with Crippen LogP contribution in [0.25, 0.3) is 5.65 Å². The highest BCUT2D eigenvalue weighted by Crippen LogP contribution is 2.18. The Hall–Kier alpha value is -1.69. The van der Waals surface area contributed by atoms with Gasteiger partial charge < -0.3 is 10.2 Å². The van der Waals surface area contributed by atoms with Gasteiger partial charge in [-0.05, 0) is 6.07 Å². The van der Waals surface area contributed by atoms with E-state index in [2.05, 4.69) is 25.5 Å². The Bertz CT molecular complexity index is 458. The maximum atomic E-state index is 4.15. The van der Waals surface area contributed by atoms with Gasteiger partial charge in [-0.3, -0.25) is 0 Å². The first kappa shape index (κ1) is 8.60. The van der Waals surface area contributed by atoms with E-state index in [9.17, 15) is 0 Å². The number of anilines is 1. The molecule has 1 aliphatic heterocycles. The van der Waals surface area contributed by atoms with E-state index in [4.69, 9.17) is 0 Å². The van der Waals surface area contributed by atoms with E-state index < -0.39 is 0 Å². The zero-order chi connectivity index (χ0) is 10.1. The van der Waals surface area contributed by atoms with E-state index in [1.165, 1.54) is 0 Å². The van der Waals surface area contributed by atoms with Gasteiger partial charge in [0.05, 0.1) is 11.9 Å². The van der Waals surface area contributed by atoms with Crippen LogP contribution in [-0.4, -0.2) is 46.0 Å². The van der Waals surface area contributed by atoms with Crippen molar-refractivity contribution in [3.63, 3.8) is 0 Å². The summed E-state index contributed by atoms with van der Waals surface area (Å²) < 4.78 is 1.71. The van der Waals surface area contributed by atoms with Crippen molar-refractivity contribution in [3.05, 3.63) is 18.6 Å². The second-order valence-corrected chi connectivity index (χ2v) is 3.55. The van der Waals surface area contributed by atoms with Crippen molar-refractivity contribution in [2.24, 2.45) is 0 Å². The average molecular weight is 204 g/mol. The molecule has 0 bridgehead atoms. The van der Waals surface area contributed by atoms with Gasteiger partial charge in [-0.2, -0.15) is 9.61 Å². The van der Waals surface area contributed by atoms with Gasteiger partial charge >= 0.3 is 0 Å². The van der Waals surface area contributed by atoms with Crippen molar-refractivity contribution < 1.29 is 0 Å². The van der Waals surface area contributed by atoms with E-state index in [-0.39, 0.29) is 0 Å². The van der Waals surface area contributed by atoms with Crippen molar-refractivity contribution in [1.82, 2.24) is 25.1 Å². The topological polar surface area (TPSA) is 58.3 Å². The Morgan fingerprint density at radius 3 is 3.00 bits per heavy atom. The molecular formula is C9H12N6. The first-order valence-corrected chi connectivity index (χ1v) is 5.06. The van der Waals surface area contributed by atoms with Crippen LogP contribution in [0.2, 0.25) is 0 Å². The van der Waals surface area contributed by atoms with E-state index in [1.807, 2.05) is 6.07 Å². The molecule has 0 atom stereocenters. The molecule has 3 rings (SSSR count). The lowest BCUT2D eigenvalue weighted by Crippen LogP contribution is -2.43. The summed E-state index contributed by atoms with van der Waals surface area (Å²) in [5, 5.41) is 15.4. The molecule has 0 aromatic carbocycles. The molecule has 1 aliphatic rings. The normalized spacial score (nSPS) is 17.2. The number of fused-ring (bicyclic) bond motifs is 1. The Labute approximate surface area is 86.9 Å². The molecule has 6 heteroatoms. The summed E-state index contributed by atoms with van der Waals surface area (Å²) in [5.74, 6) is 0. The van der Waals surface area contributed by atoms with Crippen molar-refractivity contribution >= 4 is 11.3 Å². The first-order valence-electron chi connectivity index (χ1n) is 5.06. The highest BCUT2D eigenvalue weighted by atomic mass is 15.4. The van der Waals surface area contributed by atoms with Crippen LogP contribution in [0, 0.1) is 0 Å². The van der Waals surface area contributed by atoms with Gasteiger partial charge in [0.1, 0.15) is 6.33 Å². The molecule has 0 aliphatic carbocycles. The van der Waals surface area contributed by atoms with Crippen molar-refractivity contribution in [2.75, 3.05) is 31.1 Å². The summed E-state index contributed by atoms with van der Waals surface area (Å²) in [5.41, 5.74) is 1.95. The number of nitrogens with one attached hydrogen (secondary N) is 1. The standard InChI is InChI=1S/C9H12N6/c1-2-12-15-7-11-13-9(15)8(1)14-5-3-10-4-6-14/h1-2,7,10H,3-6H2. The molecule has 1 saturated heterocycles. The van der Waals surface area contributed by atoms with Crippen LogP contribution < -0.4 is 10.2 Å². The predicted octanol–water partition coefficient (Wildman–Crippen LogP) is -0.466. The highest BCUT2D eigenvalue weighted by molar-refractivity contribution is 5.67. The summed E-state index contributed by atoms with van der Waals surface area (Å²) >= 11 is 0. The molecule has 2 aromatic heterocycles. The Kier molecular flexibility index (Phi) is 1.99. The zero-order valence-electron chi connectivity index (χ0n) is 8.30. The van der Waals surface area contributed by atoms with Crippen molar-refractivity contribution in [3.8, 4) is 0 Å². The summed E-state index contributed by atoms with van der Waals surface area (Å²) in [6, 6.07) is 2.00. The molecule has 0 amide bonds. The second kappa shape index (κ2) is 3.47. The third-order valence-electron chi connectivity index (χ3n) is 2.64. The third kappa shape index (κ3) is 1.42. The van der Waals surface area contributed by atoms with Gasteiger partial charge in [0.25, 0.3) is 0 Å². The lowest BCUT2D eigenvalue weighted by Gasteiger charge is -2.29. The average Bonchev–Trinajstić information content (AvgIpc) is 2.78. The molecule has 2 aromatic rings. The molecule has 6 nitrogen and oxygen atoms in total. The predicted molar refractivity (Wildman–Crippen MR) is 55.9 cm³/mol. The SMILES string of the molecule is c1cc(N2CCNCC2)c2nncn2n1. The number of aromatic nitrogens is 4. The fourth-order valence-electron chi connectivity index (χ4n) is 1.89. The lowest BCUT2D eigenvalue weighted by atomic mass is 10.3. The summed E-state index contributed by atoms with van der Waals surface area (Å²) in [4.78, 5) is 2.31. The Morgan fingerprint density at radius 2 is 2.13 bits per heavy atom. The molecule has 0 unspecified atom stereocenters. The van der Waals surface area contributed by atoms with Crippen LogP contribution in [0.15, 0.2) is 18.6 Å². The monoisotopic (exact) mass is 204 g/mol. The first-order chi connectivity index (χ1) is 7.45. The van der Waals surface area contributed by atoms with Crippen molar-refractivity contribution in [1.29, 1.82) is 0 Å². The summed E-state index contributed by atoms with van der Waals surface area (Å²) in [7, 11) is 0. The molecule has 0 radical (unpaired) electrons. The van der Waals surface area contributed by atoms with Gasteiger partial charge in [-0.1, -0.05) is 0 Å². The Morgan fingerprint density at radius 1 is 1.27 bits per heavy atom. The third-order valence-corrected chi connectivity index (χ3v) is 2.64. The minimum atomic E-state index is 0.833. The van der Waals surface area contributed by atoms with Crippen LogP contribution in [0.5, 0.6) is 0 Å². The molecule has 78 valence electrons. The number of hydrogen-bond acceptors (Lipinski definition) is 5. The van der Waals surface area contributed by atoms with E-state index >= 15 is 0 Å². The van der Waals surface area contributed by atoms with Gasteiger partial charge in [0, 0.05) is 26.2 Å². The molecule has 3 heterocycles. The number of hydrogen-bond donors (Lipinski definition) is 1. The van der Waals surface area contributed by atoms with E-state index in [0.717, 1.165) is 37.5 Å².